The summed E-state index contributed by atoms with van der Waals surface area (Å²) in [7, 11) is 0. The highest BCUT2D eigenvalue weighted by Gasteiger charge is 2.23. The molecule has 0 N–H and O–H groups in total. The number of benzene rings is 1. The lowest BCUT2D eigenvalue weighted by Gasteiger charge is -2.22. The molecule has 0 radical (unpaired) electrons. The minimum Gasteiger partial charge on any atom is -0.294 e. The van der Waals surface area contributed by atoms with E-state index >= 15 is 0 Å². The molecule has 0 bridgehead atoms. The Kier molecular flexibility index (Phi) is 3.58. The lowest BCUT2D eigenvalue weighted by Crippen LogP contribution is -2.12. The zero-order valence-electron chi connectivity index (χ0n) is 10.5. The van der Waals surface area contributed by atoms with Gasteiger partial charge in [0.2, 0.25) is 0 Å². The van der Waals surface area contributed by atoms with E-state index in [0.717, 1.165) is 24.0 Å². The second-order valence-electron chi connectivity index (χ2n) is 4.10. The van der Waals surface area contributed by atoms with Crippen LogP contribution >= 0.6 is 0 Å². The first-order valence-corrected chi connectivity index (χ1v) is 6.37. The van der Waals surface area contributed by atoms with Crippen molar-refractivity contribution in [3.8, 4) is 0 Å². The molecule has 0 saturated heterocycles. The van der Waals surface area contributed by atoms with Gasteiger partial charge < -0.3 is 0 Å². The molecule has 88 valence electrons. The molecule has 0 saturated carbocycles. The Hall–Kier alpha value is -1.63. The molecule has 17 heavy (non-hydrogen) atoms. The van der Waals surface area contributed by atoms with E-state index in [2.05, 4.69) is 18.2 Å². The van der Waals surface area contributed by atoms with Crippen LogP contribution in [0.5, 0.6) is 0 Å². The van der Waals surface area contributed by atoms with Gasteiger partial charge in [-0.15, -0.1) is 0 Å². The van der Waals surface area contributed by atoms with Crippen LogP contribution in [-0.2, 0) is 0 Å². The number of carbonyl (C=O) groups excluding carboxylic acids is 1. The number of Topliss-reactive ketones (excluding diaryl/α,β-unsaturated/α-hetero) is 1. The van der Waals surface area contributed by atoms with Crippen LogP contribution in [0.4, 0.5) is 0 Å². The van der Waals surface area contributed by atoms with E-state index in [4.69, 9.17) is 0 Å². The maximum Gasteiger partial charge on any atom is 0.167 e. The molecule has 0 spiro atoms. The summed E-state index contributed by atoms with van der Waals surface area (Å²) in [4.78, 5) is 11.9. The summed E-state index contributed by atoms with van der Waals surface area (Å²) < 4.78 is 0. The standard InChI is InChI=1S/C14H12O.C2H6/c15-14-9-10-5-1-2-6-11(10)12-7-3-4-8-13(12)14;1-2/h2-4,6-8H,1,5,9H2;1-2H3. The quantitative estimate of drug-likeness (QED) is 0.640. The third-order valence-electron chi connectivity index (χ3n) is 3.17. The molecule has 2 aliphatic carbocycles. The number of carbonyl (C=O) groups is 1. The van der Waals surface area contributed by atoms with Crippen LogP contribution < -0.4 is 0 Å². The molecule has 3 rings (SSSR count). The second kappa shape index (κ2) is 5.13. The fourth-order valence-corrected chi connectivity index (χ4v) is 2.43. The fourth-order valence-electron chi connectivity index (χ4n) is 2.43. The van der Waals surface area contributed by atoms with Gasteiger partial charge in [0.05, 0.1) is 0 Å². The Bertz CT molecular complexity index is 492. The first-order chi connectivity index (χ1) is 8.36. The molecular formula is C16H18O. The van der Waals surface area contributed by atoms with Crippen molar-refractivity contribution in [3.05, 3.63) is 53.1 Å². The number of ketones is 1. The smallest absolute Gasteiger partial charge is 0.167 e. The van der Waals surface area contributed by atoms with Gasteiger partial charge in [-0.3, -0.25) is 4.79 Å². The van der Waals surface area contributed by atoms with Crippen molar-refractivity contribution >= 4 is 11.4 Å². The van der Waals surface area contributed by atoms with E-state index < -0.39 is 0 Å². The minimum absolute atomic E-state index is 0.277. The van der Waals surface area contributed by atoms with Crippen LogP contribution in [0.3, 0.4) is 0 Å². The van der Waals surface area contributed by atoms with E-state index in [1.165, 1.54) is 11.1 Å². The van der Waals surface area contributed by atoms with Gasteiger partial charge in [0.15, 0.2) is 5.78 Å². The zero-order chi connectivity index (χ0) is 12.3. The van der Waals surface area contributed by atoms with E-state index in [-0.39, 0.29) is 5.78 Å². The first-order valence-electron chi connectivity index (χ1n) is 6.37. The summed E-state index contributed by atoms with van der Waals surface area (Å²) in [5.74, 6) is 0.277. The Morgan fingerprint density at radius 1 is 1.06 bits per heavy atom. The van der Waals surface area contributed by atoms with Gasteiger partial charge in [-0.05, 0) is 24.0 Å². The van der Waals surface area contributed by atoms with Crippen LogP contribution in [-0.4, -0.2) is 5.78 Å². The lowest BCUT2D eigenvalue weighted by molar-refractivity contribution is 0.0990. The Morgan fingerprint density at radius 2 is 1.76 bits per heavy atom. The average Bonchev–Trinajstić information content (AvgIpc) is 2.42. The molecular weight excluding hydrogens is 208 g/mol. The van der Waals surface area contributed by atoms with E-state index in [9.17, 15) is 4.79 Å². The SMILES string of the molecule is CC.O=C1CC2=C(C=CCC2)c2ccccc21. The lowest BCUT2D eigenvalue weighted by atomic mass is 9.81. The minimum atomic E-state index is 0.277. The van der Waals surface area contributed by atoms with Gasteiger partial charge in [-0.2, -0.15) is 0 Å². The van der Waals surface area contributed by atoms with Crippen molar-refractivity contribution in [2.45, 2.75) is 33.1 Å². The van der Waals surface area contributed by atoms with E-state index in [0.29, 0.717) is 6.42 Å². The molecule has 1 aromatic rings. The number of fused-ring (bicyclic) bond motifs is 2. The normalized spacial score (nSPS) is 16.9. The number of hydrogen-bond donors (Lipinski definition) is 0. The molecule has 0 amide bonds. The summed E-state index contributed by atoms with van der Waals surface area (Å²) >= 11 is 0. The highest BCUT2D eigenvalue weighted by molar-refractivity contribution is 6.07. The summed E-state index contributed by atoms with van der Waals surface area (Å²) in [6.45, 7) is 4.00. The predicted octanol–water partition coefficient (Wildman–Crippen LogP) is 4.40. The van der Waals surface area contributed by atoms with Gasteiger partial charge in [0, 0.05) is 12.0 Å². The van der Waals surface area contributed by atoms with Crippen LogP contribution in [0, 0.1) is 0 Å². The second-order valence-corrected chi connectivity index (χ2v) is 4.10. The summed E-state index contributed by atoms with van der Waals surface area (Å²) in [5.41, 5.74) is 4.63. The molecule has 0 fully saturated rings. The monoisotopic (exact) mass is 226 g/mol. The van der Waals surface area contributed by atoms with E-state index in [1.807, 2.05) is 32.0 Å². The average molecular weight is 226 g/mol. The summed E-state index contributed by atoms with van der Waals surface area (Å²) in [5, 5.41) is 0. The zero-order valence-corrected chi connectivity index (χ0v) is 10.5. The van der Waals surface area contributed by atoms with Crippen LogP contribution in [0.25, 0.3) is 5.57 Å². The third-order valence-corrected chi connectivity index (χ3v) is 3.17. The number of rotatable bonds is 0. The maximum atomic E-state index is 11.9. The van der Waals surface area contributed by atoms with Crippen molar-refractivity contribution in [1.82, 2.24) is 0 Å². The van der Waals surface area contributed by atoms with Crippen molar-refractivity contribution in [2.75, 3.05) is 0 Å². The van der Waals surface area contributed by atoms with Crippen LogP contribution in [0.2, 0.25) is 0 Å². The fraction of sp³-hybridized carbons (Fsp3) is 0.312. The molecule has 1 nitrogen and oxygen atoms in total. The maximum absolute atomic E-state index is 11.9. The Morgan fingerprint density at radius 3 is 2.53 bits per heavy atom. The van der Waals surface area contributed by atoms with Gasteiger partial charge in [0.25, 0.3) is 0 Å². The Balaban J connectivity index is 0.000000514. The molecule has 1 heteroatoms. The number of hydrogen-bond acceptors (Lipinski definition) is 1. The first kappa shape index (κ1) is 11.8. The molecule has 0 aromatic heterocycles. The van der Waals surface area contributed by atoms with E-state index in [1.54, 1.807) is 0 Å². The van der Waals surface area contributed by atoms with Crippen molar-refractivity contribution in [1.29, 1.82) is 0 Å². The summed E-state index contributed by atoms with van der Waals surface area (Å²) in [6, 6.07) is 7.93. The van der Waals surface area contributed by atoms with Gasteiger partial charge in [0.1, 0.15) is 0 Å². The highest BCUT2D eigenvalue weighted by atomic mass is 16.1. The number of allylic oxidation sites excluding steroid dienone is 4. The van der Waals surface area contributed by atoms with Crippen molar-refractivity contribution in [2.24, 2.45) is 0 Å². The summed E-state index contributed by atoms with van der Waals surface area (Å²) in [6.07, 6.45) is 7.12. The largest absolute Gasteiger partial charge is 0.294 e. The van der Waals surface area contributed by atoms with Crippen LogP contribution in [0.1, 0.15) is 49.0 Å². The molecule has 2 aliphatic rings. The van der Waals surface area contributed by atoms with Gasteiger partial charge in [-0.25, -0.2) is 0 Å². The van der Waals surface area contributed by atoms with Gasteiger partial charge >= 0.3 is 0 Å². The van der Waals surface area contributed by atoms with Crippen LogP contribution in [0.15, 0.2) is 42.0 Å². The van der Waals surface area contributed by atoms with Gasteiger partial charge in [-0.1, -0.05) is 55.8 Å². The van der Waals surface area contributed by atoms with Crippen molar-refractivity contribution < 1.29 is 4.79 Å². The third kappa shape index (κ3) is 2.10. The molecule has 0 heterocycles. The predicted molar refractivity (Wildman–Crippen MR) is 72.0 cm³/mol. The molecule has 0 aliphatic heterocycles. The topological polar surface area (TPSA) is 17.1 Å². The highest BCUT2D eigenvalue weighted by Crippen LogP contribution is 2.36. The molecule has 0 atom stereocenters. The molecule has 1 aromatic carbocycles. The van der Waals surface area contributed by atoms with Crippen molar-refractivity contribution in [3.63, 3.8) is 0 Å². The molecule has 0 unspecified atom stereocenters. The Labute approximate surface area is 103 Å².